The van der Waals surface area contributed by atoms with Crippen molar-refractivity contribution in [3.05, 3.63) is 46.1 Å². The molecule has 0 aliphatic heterocycles. The number of nitrogens with two attached hydrogens (primary N) is 1. The molecule has 0 radical (unpaired) electrons. The summed E-state index contributed by atoms with van der Waals surface area (Å²) in [6.45, 7) is 5.58. The van der Waals surface area contributed by atoms with Gasteiger partial charge in [-0.15, -0.1) is 12.4 Å². The molecule has 1 heterocycles. The van der Waals surface area contributed by atoms with Gasteiger partial charge in [-0.2, -0.15) is 9.78 Å². The van der Waals surface area contributed by atoms with Gasteiger partial charge >= 0.3 is 11.7 Å². The number of nitrogen functional groups attached to an aromatic ring is 1. The number of aromatic nitrogens is 3. The Morgan fingerprint density at radius 1 is 1.23 bits per heavy atom. The van der Waals surface area contributed by atoms with Crippen LogP contribution in [0.15, 0.2) is 29.1 Å². The zero-order valence-corrected chi connectivity index (χ0v) is 19.2. The van der Waals surface area contributed by atoms with Crippen LogP contribution >= 0.6 is 12.4 Å². The molecule has 9 heteroatoms. The molecule has 0 bridgehead atoms. The molecule has 2 aromatic rings. The van der Waals surface area contributed by atoms with Gasteiger partial charge in [-0.25, -0.2) is 4.79 Å². The molecule has 1 aromatic carbocycles. The maximum atomic E-state index is 13.0. The third kappa shape index (κ3) is 5.97. The Bertz CT molecular complexity index is 957. The second kappa shape index (κ2) is 10.6. The fraction of sp³-hybridized carbons (Fsp3) is 0.545. The first-order valence-electron chi connectivity index (χ1n) is 10.6. The monoisotopic (exact) mass is 449 g/mol. The Kier molecular flexibility index (Phi) is 8.44. The van der Waals surface area contributed by atoms with Crippen LogP contribution in [-0.2, 0) is 9.53 Å². The second-order valence-electron chi connectivity index (χ2n) is 8.32. The highest BCUT2D eigenvalue weighted by atomic mass is 35.5. The molecule has 0 amide bonds. The number of hydrogen-bond donors (Lipinski definition) is 2. The lowest BCUT2D eigenvalue weighted by molar-refractivity contribution is -0.147. The van der Waals surface area contributed by atoms with Gasteiger partial charge in [0, 0.05) is 18.0 Å². The van der Waals surface area contributed by atoms with E-state index in [1.54, 1.807) is 28.8 Å². The molecular weight excluding hydrogens is 418 g/mol. The molecule has 31 heavy (non-hydrogen) atoms. The number of amidine groups is 1. The Hall–Kier alpha value is -2.61. The van der Waals surface area contributed by atoms with Crippen molar-refractivity contribution in [2.75, 3.05) is 0 Å². The van der Waals surface area contributed by atoms with E-state index in [4.69, 9.17) is 15.9 Å². The third-order valence-corrected chi connectivity index (χ3v) is 5.71. The minimum absolute atomic E-state index is 0. The molecule has 1 aliphatic rings. The molecule has 1 saturated carbocycles. The Labute approximate surface area is 188 Å². The Morgan fingerprint density at radius 3 is 2.39 bits per heavy atom. The highest BCUT2D eigenvalue weighted by molar-refractivity contribution is 5.95. The lowest BCUT2D eigenvalue weighted by Gasteiger charge is -2.29. The number of halogens is 1. The predicted octanol–water partition coefficient (Wildman–Crippen LogP) is 3.51. The van der Waals surface area contributed by atoms with Crippen LogP contribution in [0.4, 0.5) is 0 Å². The topological polar surface area (TPSA) is 116 Å². The van der Waals surface area contributed by atoms with Crippen molar-refractivity contribution in [3.63, 3.8) is 0 Å². The zero-order chi connectivity index (χ0) is 21.8. The van der Waals surface area contributed by atoms with Gasteiger partial charge in [0.05, 0.1) is 11.8 Å². The maximum absolute atomic E-state index is 13.0. The first kappa shape index (κ1) is 24.7. The average molecular weight is 450 g/mol. The molecule has 0 spiro atoms. The third-order valence-electron chi connectivity index (χ3n) is 5.71. The number of aryl methyl sites for hydroxylation is 1. The number of nitrogens with zero attached hydrogens (tertiary/aromatic N) is 3. The summed E-state index contributed by atoms with van der Waals surface area (Å²) in [6, 6.07) is 7.06. The first-order valence-corrected chi connectivity index (χ1v) is 10.6. The van der Waals surface area contributed by atoms with Crippen molar-refractivity contribution >= 4 is 24.2 Å². The molecule has 3 N–H and O–H groups in total. The van der Waals surface area contributed by atoms with E-state index >= 15 is 0 Å². The number of benzene rings is 1. The van der Waals surface area contributed by atoms with Gasteiger partial charge in [0.2, 0.25) is 0 Å². The Morgan fingerprint density at radius 2 is 1.84 bits per heavy atom. The number of hydrogen-bond acceptors (Lipinski definition) is 5. The number of rotatable bonds is 7. The molecular formula is C22H32ClN5O3. The van der Waals surface area contributed by atoms with Crippen molar-refractivity contribution < 1.29 is 9.53 Å². The summed E-state index contributed by atoms with van der Waals surface area (Å²) in [5.41, 5.74) is 6.62. The average Bonchev–Trinajstić information content (AvgIpc) is 3.00. The van der Waals surface area contributed by atoms with E-state index in [-0.39, 0.29) is 42.0 Å². The quantitative estimate of drug-likeness (QED) is 0.381. The molecule has 3 rings (SSSR count). The first-order chi connectivity index (χ1) is 14.3. The molecule has 170 valence electrons. The number of esters is 1. The van der Waals surface area contributed by atoms with E-state index in [1.807, 2.05) is 20.8 Å². The second-order valence-corrected chi connectivity index (χ2v) is 8.32. The zero-order valence-electron chi connectivity index (χ0n) is 18.3. The van der Waals surface area contributed by atoms with Crippen LogP contribution in [0.25, 0.3) is 5.69 Å². The number of ether oxygens (including phenoxy) is 1. The van der Waals surface area contributed by atoms with Gasteiger partial charge < -0.3 is 10.5 Å². The highest BCUT2D eigenvalue weighted by Gasteiger charge is 2.26. The fourth-order valence-corrected chi connectivity index (χ4v) is 4.18. The lowest BCUT2D eigenvalue weighted by Crippen LogP contribution is -2.30. The Balaban J connectivity index is 0.00000341. The van der Waals surface area contributed by atoms with Crippen LogP contribution in [-0.4, -0.2) is 32.3 Å². The minimum Gasteiger partial charge on any atom is -0.463 e. The summed E-state index contributed by atoms with van der Waals surface area (Å²) in [7, 11) is 0. The van der Waals surface area contributed by atoms with Gasteiger partial charge in [-0.05, 0) is 83.1 Å². The normalized spacial score (nSPS) is 18.5. The SMILES string of the molecule is Cc1nn(-c2ccc(C(=N)N)cc2)c(=O)n1[C@H]1CC[C@H](CCC(=O)OC(C)C)CC1.Cl. The summed E-state index contributed by atoms with van der Waals surface area (Å²) in [5.74, 6) is 1.05. The van der Waals surface area contributed by atoms with E-state index in [9.17, 15) is 9.59 Å². The predicted molar refractivity (Wildman–Crippen MR) is 122 cm³/mol. The van der Waals surface area contributed by atoms with Gasteiger partial charge in [-0.3, -0.25) is 14.8 Å². The van der Waals surface area contributed by atoms with Crippen LogP contribution in [0, 0.1) is 18.3 Å². The standard InChI is InChI=1S/C22H31N5O3.ClH/c1-14(2)30-20(28)13-6-16-4-9-18(10-5-16)26-15(3)25-27(22(26)29)19-11-7-17(8-12-19)21(23)24;/h7-8,11-12,14,16,18H,4-6,9-10,13H2,1-3H3,(H3,23,24);1H/t16-,18-;. The van der Waals surface area contributed by atoms with Crippen LogP contribution in [0.1, 0.15) is 69.8 Å². The minimum atomic E-state index is -0.146. The van der Waals surface area contributed by atoms with Crippen molar-refractivity contribution in [2.45, 2.75) is 71.4 Å². The molecule has 0 saturated heterocycles. The maximum Gasteiger partial charge on any atom is 0.350 e. The van der Waals surface area contributed by atoms with Crippen LogP contribution < -0.4 is 11.4 Å². The van der Waals surface area contributed by atoms with E-state index in [2.05, 4.69) is 5.10 Å². The van der Waals surface area contributed by atoms with E-state index in [1.165, 1.54) is 4.68 Å². The highest BCUT2D eigenvalue weighted by Crippen LogP contribution is 2.34. The van der Waals surface area contributed by atoms with Gasteiger partial charge in [0.15, 0.2) is 0 Å². The van der Waals surface area contributed by atoms with E-state index < -0.39 is 0 Å². The van der Waals surface area contributed by atoms with Crippen LogP contribution in [0.2, 0.25) is 0 Å². The van der Waals surface area contributed by atoms with Crippen molar-refractivity contribution in [2.24, 2.45) is 11.7 Å². The van der Waals surface area contributed by atoms with Crippen molar-refractivity contribution in [1.82, 2.24) is 14.3 Å². The van der Waals surface area contributed by atoms with Gasteiger partial charge in [-0.1, -0.05) is 0 Å². The molecule has 1 aromatic heterocycles. The lowest BCUT2D eigenvalue weighted by atomic mass is 9.83. The summed E-state index contributed by atoms with van der Waals surface area (Å²) in [6.07, 6.45) is 5.01. The largest absolute Gasteiger partial charge is 0.463 e. The van der Waals surface area contributed by atoms with Gasteiger partial charge in [0.1, 0.15) is 11.7 Å². The number of carbonyl (C=O) groups excluding carboxylic acids is 1. The van der Waals surface area contributed by atoms with E-state index in [0.29, 0.717) is 29.4 Å². The smallest absolute Gasteiger partial charge is 0.350 e. The molecule has 0 unspecified atom stereocenters. The van der Waals surface area contributed by atoms with Crippen LogP contribution in [0.5, 0.6) is 0 Å². The van der Waals surface area contributed by atoms with Crippen molar-refractivity contribution in [3.8, 4) is 5.69 Å². The summed E-state index contributed by atoms with van der Waals surface area (Å²) < 4.78 is 8.42. The molecule has 8 nitrogen and oxygen atoms in total. The fourth-order valence-electron chi connectivity index (χ4n) is 4.18. The molecule has 1 fully saturated rings. The summed E-state index contributed by atoms with van der Waals surface area (Å²) >= 11 is 0. The van der Waals surface area contributed by atoms with Crippen LogP contribution in [0.3, 0.4) is 0 Å². The summed E-state index contributed by atoms with van der Waals surface area (Å²) in [5, 5.41) is 11.9. The molecule has 1 aliphatic carbocycles. The molecule has 0 atom stereocenters. The van der Waals surface area contributed by atoms with Gasteiger partial charge in [0.25, 0.3) is 0 Å². The summed E-state index contributed by atoms with van der Waals surface area (Å²) in [4.78, 5) is 24.8. The van der Waals surface area contributed by atoms with E-state index in [0.717, 1.165) is 32.1 Å². The van der Waals surface area contributed by atoms with Crippen molar-refractivity contribution in [1.29, 1.82) is 5.41 Å². The number of carbonyl (C=O) groups is 1. The number of nitrogens with one attached hydrogen (secondary N) is 1.